The lowest BCUT2D eigenvalue weighted by molar-refractivity contribution is 0.102. The molecule has 1 N–H and O–H groups in total. The minimum absolute atomic E-state index is 0.144. The highest BCUT2D eigenvalue weighted by molar-refractivity contribution is 7.89. The summed E-state index contributed by atoms with van der Waals surface area (Å²) in [5, 5.41) is 2.71. The van der Waals surface area contributed by atoms with Crippen LogP contribution in [-0.2, 0) is 20.0 Å². The van der Waals surface area contributed by atoms with E-state index >= 15 is 0 Å². The van der Waals surface area contributed by atoms with Crippen molar-refractivity contribution in [2.24, 2.45) is 0 Å². The Morgan fingerprint density at radius 2 is 1.18 bits per heavy atom. The second kappa shape index (κ2) is 9.92. The summed E-state index contributed by atoms with van der Waals surface area (Å²) in [6.45, 7) is 2.04. The van der Waals surface area contributed by atoms with Gasteiger partial charge in [-0.15, -0.1) is 0 Å². The molecule has 1 amide bonds. The molecule has 10 heteroatoms. The molecule has 0 aromatic heterocycles. The number of nitrogens with zero attached hydrogens (tertiary/aromatic N) is 2. The fourth-order valence-corrected chi connectivity index (χ4v) is 7.31. The molecule has 2 aromatic rings. The zero-order chi connectivity index (χ0) is 23.5. The lowest BCUT2D eigenvalue weighted by Crippen LogP contribution is -2.35. The van der Waals surface area contributed by atoms with Crippen LogP contribution in [0.1, 0.15) is 48.9 Å². The predicted octanol–water partition coefficient (Wildman–Crippen LogP) is 3.29. The van der Waals surface area contributed by atoms with Crippen molar-refractivity contribution in [1.29, 1.82) is 0 Å². The molecule has 0 atom stereocenters. The van der Waals surface area contributed by atoms with E-state index in [2.05, 4.69) is 5.32 Å². The summed E-state index contributed by atoms with van der Waals surface area (Å²) in [4.78, 5) is 13.0. The van der Waals surface area contributed by atoms with Gasteiger partial charge in [-0.1, -0.05) is 18.9 Å². The summed E-state index contributed by atoms with van der Waals surface area (Å²) in [6.07, 6.45) is 5.46. The van der Waals surface area contributed by atoms with Gasteiger partial charge >= 0.3 is 0 Å². The van der Waals surface area contributed by atoms with Crippen LogP contribution < -0.4 is 5.32 Å². The third-order valence-corrected chi connectivity index (χ3v) is 9.92. The first-order valence-electron chi connectivity index (χ1n) is 11.3. The maximum absolute atomic E-state index is 12.9. The smallest absolute Gasteiger partial charge is 0.255 e. The van der Waals surface area contributed by atoms with Crippen molar-refractivity contribution in [1.82, 2.24) is 8.61 Å². The summed E-state index contributed by atoms with van der Waals surface area (Å²) >= 11 is 0. The van der Waals surface area contributed by atoms with Crippen LogP contribution in [0.25, 0.3) is 0 Å². The van der Waals surface area contributed by atoms with Gasteiger partial charge in [-0.2, -0.15) is 8.61 Å². The summed E-state index contributed by atoms with van der Waals surface area (Å²) in [7, 11) is -7.17. The number of hydrogen-bond acceptors (Lipinski definition) is 5. The van der Waals surface area contributed by atoms with Crippen LogP contribution in [-0.4, -0.2) is 57.5 Å². The van der Waals surface area contributed by atoms with Gasteiger partial charge in [0, 0.05) is 37.4 Å². The molecule has 0 bridgehead atoms. The Kier molecular flexibility index (Phi) is 7.18. The largest absolute Gasteiger partial charge is 0.322 e. The van der Waals surface area contributed by atoms with Gasteiger partial charge in [0.1, 0.15) is 0 Å². The Bertz CT molecular complexity index is 1200. The molecular weight excluding hydrogens is 462 g/mol. The van der Waals surface area contributed by atoms with Crippen molar-refractivity contribution in [2.75, 3.05) is 31.5 Å². The SMILES string of the molecule is O=C(Nc1cccc(S(=O)(=O)N2CCCCC2)c1)c1ccc(S(=O)(=O)N2CCCCC2)cc1. The zero-order valence-electron chi connectivity index (χ0n) is 18.4. The van der Waals surface area contributed by atoms with Gasteiger partial charge in [-0.25, -0.2) is 16.8 Å². The monoisotopic (exact) mass is 491 g/mol. The van der Waals surface area contributed by atoms with Gasteiger partial charge in [0.25, 0.3) is 5.91 Å². The van der Waals surface area contributed by atoms with Crippen LogP contribution in [0.4, 0.5) is 5.69 Å². The molecule has 2 heterocycles. The number of sulfonamides is 2. The molecule has 4 rings (SSSR count). The van der Waals surface area contributed by atoms with E-state index in [1.807, 2.05) is 0 Å². The quantitative estimate of drug-likeness (QED) is 0.668. The summed E-state index contributed by atoms with van der Waals surface area (Å²) in [6, 6.07) is 12.0. The first-order valence-corrected chi connectivity index (χ1v) is 14.2. The van der Waals surface area contributed by atoms with E-state index < -0.39 is 26.0 Å². The highest BCUT2D eigenvalue weighted by Gasteiger charge is 2.27. The average molecular weight is 492 g/mol. The molecule has 2 fully saturated rings. The number of amides is 1. The first-order chi connectivity index (χ1) is 15.8. The first kappa shape index (κ1) is 23.9. The van der Waals surface area contributed by atoms with Crippen molar-refractivity contribution in [3.63, 3.8) is 0 Å². The second-order valence-corrected chi connectivity index (χ2v) is 12.3. The molecular formula is C23H29N3O5S2. The average Bonchev–Trinajstić information content (AvgIpc) is 2.85. The number of carbonyl (C=O) groups is 1. The van der Waals surface area contributed by atoms with Crippen LogP contribution in [0.2, 0.25) is 0 Å². The maximum atomic E-state index is 12.9. The van der Waals surface area contributed by atoms with Crippen LogP contribution in [0.15, 0.2) is 58.3 Å². The van der Waals surface area contributed by atoms with Gasteiger partial charge < -0.3 is 5.32 Å². The molecule has 2 aromatic carbocycles. The maximum Gasteiger partial charge on any atom is 0.255 e. The van der Waals surface area contributed by atoms with Gasteiger partial charge in [0.2, 0.25) is 20.0 Å². The molecule has 0 spiro atoms. The fraction of sp³-hybridized carbons (Fsp3) is 0.435. The van der Waals surface area contributed by atoms with E-state index in [1.54, 1.807) is 12.1 Å². The van der Waals surface area contributed by atoms with E-state index in [1.165, 1.54) is 45.0 Å². The molecule has 0 aliphatic carbocycles. The molecule has 178 valence electrons. The van der Waals surface area contributed by atoms with Crippen molar-refractivity contribution in [3.05, 3.63) is 54.1 Å². The van der Waals surface area contributed by atoms with E-state index in [4.69, 9.17) is 0 Å². The molecule has 0 radical (unpaired) electrons. The van der Waals surface area contributed by atoms with Crippen LogP contribution >= 0.6 is 0 Å². The number of anilines is 1. The van der Waals surface area contributed by atoms with Crippen LogP contribution in [0, 0.1) is 0 Å². The molecule has 33 heavy (non-hydrogen) atoms. The Hall–Kier alpha value is -2.27. The third-order valence-electron chi connectivity index (χ3n) is 6.11. The van der Waals surface area contributed by atoms with Crippen LogP contribution in [0.3, 0.4) is 0 Å². The van der Waals surface area contributed by atoms with E-state index in [0.29, 0.717) is 31.9 Å². The number of piperidine rings is 2. The number of hydrogen-bond donors (Lipinski definition) is 1. The van der Waals surface area contributed by atoms with E-state index in [9.17, 15) is 21.6 Å². The molecule has 0 unspecified atom stereocenters. The van der Waals surface area contributed by atoms with Gasteiger partial charge in [-0.05, 0) is 68.1 Å². The molecule has 0 saturated carbocycles. The molecule has 2 aliphatic heterocycles. The fourth-order valence-electron chi connectivity index (χ4n) is 4.22. The highest BCUT2D eigenvalue weighted by Crippen LogP contribution is 2.24. The highest BCUT2D eigenvalue weighted by atomic mass is 32.2. The van der Waals surface area contributed by atoms with E-state index in [0.717, 1.165) is 38.5 Å². The normalized spacial score (nSPS) is 18.7. The summed E-state index contributed by atoms with van der Waals surface area (Å²) < 4.78 is 54.4. The summed E-state index contributed by atoms with van der Waals surface area (Å²) in [5.41, 5.74) is 0.653. The van der Waals surface area contributed by atoms with Crippen molar-refractivity contribution in [2.45, 2.75) is 48.3 Å². The standard InChI is InChI=1S/C23H29N3O5S2/c27-23(19-10-12-21(13-11-19)32(28,29)25-14-3-1-4-15-25)24-20-8-7-9-22(18-20)33(30,31)26-16-5-2-6-17-26/h7-13,18H,1-6,14-17H2,(H,24,27). The topological polar surface area (TPSA) is 104 Å². The lowest BCUT2D eigenvalue weighted by Gasteiger charge is -2.26. The number of nitrogens with one attached hydrogen (secondary N) is 1. The molecule has 2 saturated heterocycles. The van der Waals surface area contributed by atoms with Gasteiger partial charge in [0.15, 0.2) is 0 Å². The minimum atomic E-state index is -3.61. The third kappa shape index (κ3) is 5.29. The van der Waals surface area contributed by atoms with Crippen LogP contribution in [0.5, 0.6) is 0 Å². The Balaban J connectivity index is 1.47. The molecule has 8 nitrogen and oxygen atoms in total. The number of rotatable bonds is 6. The van der Waals surface area contributed by atoms with Gasteiger partial charge in [0.05, 0.1) is 9.79 Å². The lowest BCUT2D eigenvalue weighted by atomic mass is 10.2. The minimum Gasteiger partial charge on any atom is -0.322 e. The number of carbonyl (C=O) groups excluding carboxylic acids is 1. The predicted molar refractivity (Wildman–Crippen MR) is 126 cm³/mol. The summed E-state index contributed by atoms with van der Waals surface area (Å²) in [5.74, 6) is -0.440. The van der Waals surface area contributed by atoms with Gasteiger partial charge in [-0.3, -0.25) is 4.79 Å². The van der Waals surface area contributed by atoms with E-state index in [-0.39, 0.29) is 15.4 Å². The van der Waals surface area contributed by atoms with Crippen molar-refractivity contribution < 1.29 is 21.6 Å². The Morgan fingerprint density at radius 3 is 1.73 bits per heavy atom. The molecule has 2 aliphatic rings. The number of benzene rings is 2. The zero-order valence-corrected chi connectivity index (χ0v) is 20.1. The van der Waals surface area contributed by atoms with Crippen molar-refractivity contribution >= 4 is 31.6 Å². The Labute approximate surface area is 195 Å². The van der Waals surface area contributed by atoms with Crippen molar-refractivity contribution in [3.8, 4) is 0 Å². The Morgan fingerprint density at radius 1 is 0.667 bits per heavy atom. The second-order valence-electron chi connectivity index (χ2n) is 8.44.